The molecule has 1 unspecified atom stereocenters. The summed E-state index contributed by atoms with van der Waals surface area (Å²) in [5.74, 6) is -1.68. The predicted octanol–water partition coefficient (Wildman–Crippen LogP) is 5.06. The van der Waals surface area contributed by atoms with Gasteiger partial charge in [0, 0.05) is 30.0 Å². The zero-order valence-corrected chi connectivity index (χ0v) is 19.3. The van der Waals surface area contributed by atoms with E-state index in [-0.39, 0.29) is 11.3 Å². The second kappa shape index (κ2) is 9.25. The molecule has 2 heterocycles. The minimum absolute atomic E-state index is 0.0459. The number of methoxy groups -OCH3 is 1. The topological polar surface area (TPSA) is 70.1 Å². The van der Waals surface area contributed by atoms with E-state index in [1.165, 1.54) is 36.3 Å². The molecule has 2 saturated heterocycles. The second-order valence-corrected chi connectivity index (χ2v) is 8.66. The molecule has 35 heavy (non-hydrogen) atoms. The molecule has 1 atom stereocenters. The third kappa shape index (κ3) is 4.14. The van der Waals surface area contributed by atoms with Crippen molar-refractivity contribution in [3.05, 3.63) is 95.3 Å². The Kier molecular flexibility index (Phi) is 5.99. The van der Waals surface area contributed by atoms with Gasteiger partial charge in [0.15, 0.2) is 0 Å². The van der Waals surface area contributed by atoms with Gasteiger partial charge in [-0.3, -0.25) is 14.5 Å². The van der Waals surface area contributed by atoms with Crippen molar-refractivity contribution in [2.75, 3.05) is 30.0 Å². The standard InChI is InChI=1S/C28H25FN2O4/c1-35-23-14-6-19(7-15-23)26(32)24-25(18-4-8-20(29)9-5-18)31(28(34)27(24)33)22-12-10-21(11-13-22)30-16-2-3-17-30/h4-15,25,32H,2-3,16-17H2,1H3/b26-24+. The van der Waals surface area contributed by atoms with Crippen LogP contribution in [-0.2, 0) is 9.59 Å². The van der Waals surface area contributed by atoms with Crippen LogP contribution < -0.4 is 14.5 Å². The molecule has 1 amide bonds. The van der Waals surface area contributed by atoms with Crippen LogP contribution in [0.4, 0.5) is 15.8 Å². The number of hydrogen-bond acceptors (Lipinski definition) is 5. The van der Waals surface area contributed by atoms with Gasteiger partial charge in [0.25, 0.3) is 11.7 Å². The highest BCUT2D eigenvalue weighted by atomic mass is 19.1. The molecule has 0 spiro atoms. The first-order chi connectivity index (χ1) is 17.0. The number of carbonyl (C=O) groups excluding carboxylic acids is 2. The number of nitrogens with zero attached hydrogens (tertiary/aromatic N) is 2. The van der Waals surface area contributed by atoms with Crippen molar-refractivity contribution in [2.24, 2.45) is 0 Å². The van der Waals surface area contributed by atoms with Crippen LogP contribution in [0.15, 0.2) is 78.4 Å². The van der Waals surface area contributed by atoms with Crippen molar-refractivity contribution in [3.8, 4) is 5.75 Å². The lowest BCUT2D eigenvalue weighted by Crippen LogP contribution is -2.29. The van der Waals surface area contributed by atoms with Gasteiger partial charge in [-0.1, -0.05) is 12.1 Å². The molecule has 5 rings (SSSR count). The molecular weight excluding hydrogens is 447 g/mol. The molecule has 178 valence electrons. The molecule has 1 N–H and O–H groups in total. The summed E-state index contributed by atoms with van der Waals surface area (Å²) in [7, 11) is 1.53. The van der Waals surface area contributed by atoms with Crippen molar-refractivity contribution in [1.82, 2.24) is 0 Å². The van der Waals surface area contributed by atoms with Crippen LogP contribution in [0.1, 0.15) is 30.0 Å². The number of carbonyl (C=O) groups is 2. The Morgan fingerprint density at radius 2 is 1.49 bits per heavy atom. The molecule has 2 aliphatic rings. The monoisotopic (exact) mass is 472 g/mol. The molecule has 0 aliphatic carbocycles. The first-order valence-electron chi connectivity index (χ1n) is 11.5. The van der Waals surface area contributed by atoms with Gasteiger partial charge in [0.2, 0.25) is 0 Å². The van der Waals surface area contributed by atoms with Crippen LogP contribution in [0.3, 0.4) is 0 Å². The molecule has 3 aromatic rings. The second-order valence-electron chi connectivity index (χ2n) is 8.66. The summed E-state index contributed by atoms with van der Waals surface area (Å²) in [4.78, 5) is 30.2. The van der Waals surface area contributed by atoms with Crippen LogP contribution in [0, 0.1) is 5.82 Å². The fraction of sp³-hybridized carbons (Fsp3) is 0.214. The molecule has 2 fully saturated rings. The van der Waals surface area contributed by atoms with E-state index >= 15 is 0 Å². The SMILES string of the molecule is COc1ccc(/C(O)=C2\C(=O)C(=O)N(c3ccc(N4CCCC4)cc3)C2c2ccc(F)cc2)cc1. The smallest absolute Gasteiger partial charge is 0.300 e. The third-order valence-corrected chi connectivity index (χ3v) is 6.59. The van der Waals surface area contributed by atoms with Gasteiger partial charge >= 0.3 is 0 Å². The summed E-state index contributed by atoms with van der Waals surface area (Å²) >= 11 is 0. The van der Waals surface area contributed by atoms with Gasteiger partial charge < -0.3 is 14.7 Å². The van der Waals surface area contributed by atoms with Gasteiger partial charge in [-0.05, 0) is 79.1 Å². The number of amides is 1. The highest BCUT2D eigenvalue weighted by molar-refractivity contribution is 6.51. The Morgan fingerprint density at radius 1 is 0.886 bits per heavy atom. The maximum absolute atomic E-state index is 13.7. The minimum Gasteiger partial charge on any atom is -0.507 e. The fourth-order valence-electron chi connectivity index (χ4n) is 4.76. The Balaban J connectivity index is 1.61. The minimum atomic E-state index is -0.907. The van der Waals surface area contributed by atoms with Crippen LogP contribution in [0.5, 0.6) is 5.75 Å². The zero-order valence-electron chi connectivity index (χ0n) is 19.3. The summed E-state index contributed by atoms with van der Waals surface area (Å²) in [5.41, 5.74) is 2.43. The van der Waals surface area contributed by atoms with Crippen molar-refractivity contribution in [1.29, 1.82) is 0 Å². The van der Waals surface area contributed by atoms with Crippen molar-refractivity contribution in [3.63, 3.8) is 0 Å². The Hall–Kier alpha value is -4.13. The molecule has 0 saturated carbocycles. The first-order valence-corrected chi connectivity index (χ1v) is 11.5. The van der Waals surface area contributed by atoms with E-state index in [9.17, 15) is 19.1 Å². The maximum atomic E-state index is 13.7. The van der Waals surface area contributed by atoms with Gasteiger partial charge in [0.1, 0.15) is 17.3 Å². The quantitative estimate of drug-likeness (QED) is 0.319. The normalized spacial score (nSPS) is 19.4. The number of aliphatic hydroxyl groups is 1. The number of rotatable bonds is 5. The van der Waals surface area contributed by atoms with Gasteiger partial charge in [-0.15, -0.1) is 0 Å². The number of aliphatic hydroxyl groups excluding tert-OH is 1. The van der Waals surface area contributed by atoms with Crippen LogP contribution >= 0.6 is 0 Å². The number of ether oxygens (including phenoxy) is 1. The molecule has 2 aliphatic heterocycles. The average molecular weight is 473 g/mol. The van der Waals surface area contributed by atoms with Crippen LogP contribution in [0.25, 0.3) is 5.76 Å². The lowest BCUT2D eigenvalue weighted by atomic mass is 9.95. The number of benzene rings is 3. The summed E-state index contributed by atoms with van der Waals surface area (Å²) in [6.07, 6.45) is 2.29. The number of ketones is 1. The number of hydrogen-bond donors (Lipinski definition) is 1. The van der Waals surface area contributed by atoms with Gasteiger partial charge in [0.05, 0.1) is 18.7 Å². The van der Waals surface area contributed by atoms with E-state index in [4.69, 9.17) is 4.74 Å². The third-order valence-electron chi connectivity index (χ3n) is 6.59. The van der Waals surface area contributed by atoms with Crippen LogP contribution in [0.2, 0.25) is 0 Å². The molecule has 0 radical (unpaired) electrons. The van der Waals surface area contributed by atoms with Crippen molar-refractivity contribution >= 4 is 28.8 Å². The van der Waals surface area contributed by atoms with E-state index in [0.29, 0.717) is 22.6 Å². The Morgan fingerprint density at radius 3 is 2.09 bits per heavy atom. The zero-order chi connectivity index (χ0) is 24.5. The molecule has 7 heteroatoms. The van der Waals surface area contributed by atoms with E-state index in [0.717, 1.165) is 31.6 Å². The van der Waals surface area contributed by atoms with E-state index < -0.39 is 23.5 Å². The van der Waals surface area contributed by atoms with Crippen molar-refractivity contribution in [2.45, 2.75) is 18.9 Å². The molecular formula is C28H25FN2O4. The Labute approximate surface area is 202 Å². The van der Waals surface area contributed by atoms with E-state index in [1.54, 1.807) is 24.3 Å². The molecule has 0 bridgehead atoms. The number of anilines is 2. The summed E-state index contributed by atoms with van der Waals surface area (Å²) < 4.78 is 18.9. The molecule has 0 aromatic heterocycles. The lowest BCUT2D eigenvalue weighted by Gasteiger charge is -2.26. The van der Waals surface area contributed by atoms with E-state index in [2.05, 4.69) is 4.90 Å². The Bertz CT molecular complexity index is 1280. The van der Waals surface area contributed by atoms with Gasteiger partial charge in [-0.25, -0.2) is 4.39 Å². The fourth-order valence-corrected chi connectivity index (χ4v) is 4.76. The number of halogens is 1. The summed E-state index contributed by atoms with van der Waals surface area (Å²) in [6, 6.07) is 18.8. The van der Waals surface area contributed by atoms with Gasteiger partial charge in [-0.2, -0.15) is 0 Å². The van der Waals surface area contributed by atoms with Crippen LogP contribution in [-0.4, -0.2) is 37.0 Å². The molecule has 6 nitrogen and oxygen atoms in total. The highest BCUT2D eigenvalue weighted by Crippen LogP contribution is 2.42. The predicted molar refractivity (Wildman–Crippen MR) is 132 cm³/mol. The summed E-state index contributed by atoms with van der Waals surface area (Å²) in [5, 5.41) is 11.2. The molecule has 3 aromatic carbocycles. The van der Waals surface area contributed by atoms with E-state index in [1.807, 2.05) is 24.3 Å². The average Bonchev–Trinajstić information content (AvgIpc) is 3.52. The first kappa shape index (κ1) is 22.7. The number of Topliss-reactive ketones (excluding diaryl/α,β-unsaturated/α-hetero) is 1. The summed E-state index contributed by atoms with van der Waals surface area (Å²) in [6.45, 7) is 1.97. The largest absolute Gasteiger partial charge is 0.507 e. The lowest BCUT2D eigenvalue weighted by molar-refractivity contribution is -0.132. The maximum Gasteiger partial charge on any atom is 0.300 e. The van der Waals surface area contributed by atoms with Crippen molar-refractivity contribution < 1.29 is 23.8 Å². The highest BCUT2D eigenvalue weighted by Gasteiger charge is 2.47.